The van der Waals surface area contributed by atoms with Crippen LogP contribution in [0.5, 0.6) is 0 Å². The summed E-state index contributed by atoms with van der Waals surface area (Å²) in [6, 6.07) is 0. The Morgan fingerprint density at radius 1 is 0.844 bits per heavy atom. The summed E-state index contributed by atoms with van der Waals surface area (Å²) in [4.78, 5) is 0. The molecule has 180 valence electrons. The molecular weight excluding hydrogens is 392 g/mol. The highest BCUT2D eigenvalue weighted by atomic mass is 16.3. The Hall–Kier alpha value is -0.600. The van der Waals surface area contributed by atoms with Gasteiger partial charge in [0.2, 0.25) is 0 Å². The molecule has 4 fully saturated rings. The molecule has 5 aliphatic carbocycles. The maximum absolute atomic E-state index is 10.9. The molecule has 0 radical (unpaired) electrons. The van der Waals surface area contributed by atoms with Crippen LogP contribution in [0.4, 0.5) is 0 Å². The summed E-state index contributed by atoms with van der Waals surface area (Å²) in [5.41, 5.74) is 3.96. The van der Waals surface area contributed by atoms with Crippen LogP contribution in [0, 0.1) is 50.7 Å². The Morgan fingerprint density at radius 3 is 2.25 bits per heavy atom. The number of aliphatic hydroxyl groups is 2. The highest BCUT2D eigenvalue weighted by Crippen LogP contribution is 2.74. The molecule has 0 heterocycles. The molecule has 0 aromatic rings. The molecule has 0 aliphatic heterocycles. The second kappa shape index (κ2) is 6.97. The van der Waals surface area contributed by atoms with Crippen LogP contribution in [0.3, 0.4) is 0 Å². The van der Waals surface area contributed by atoms with E-state index in [1.807, 2.05) is 0 Å². The fourth-order valence-corrected chi connectivity index (χ4v) is 10.2. The maximum Gasteiger partial charge on any atom is 0.0594 e. The molecule has 0 amide bonds. The van der Waals surface area contributed by atoms with Gasteiger partial charge >= 0.3 is 0 Å². The molecule has 2 heteroatoms. The zero-order chi connectivity index (χ0) is 23.3. The van der Waals surface area contributed by atoms with Gasteiger partial charge < -0.3 is 10.2 Å². The first-order valence-corrected chi connectivity index (χ1v) is 13.6. The van der Waals surface area contributed by atoms with Crippen molar-refractivity contribution in [2.24, 2.45) is 50.7 Å². The van der Waals surface area contributed by atoms with E-state index in [0.717, 1.165) is 18.8 Å². The Bertz CT molecular complexity index is 853. The van der Waals surface area contributed by atoms with Gasteiger partial charge in [0.05, 0.1) is 6.10 Å². The van der Waals surface area contributed by atoms with Crippen LogP contribution in [0.2, 0.25) is 0 Å². The molecule has 2 nitrogen and oxygen atoms in total. The first-order valence-electron chi connectivity index (χ1n) is 13.6. The van der Waals surface area contributed by atoms with Crippen LogP contribution < -0.4 is 0 Å². The van der Waals surface area contributed by atoms with Crippen molar-refractivity contribution in [2.45, 2.75) is 106 Å². The molecule has 0 spiro atoms. The predicted molar refractivity (Wildman–Crippen MR) is 132 cm³/mol. The van der Waals surface area contributed by atoms with Gasteiger partial charge in [0.15, 0.2) is 0 Å². The topological polar surface area (TPSA) is 40.5 Å². The molecule has 0 aromatic carbocycles. The molecule has 4 saturated carbocycles. The highest BCUT2D eigenvalue weighted by molar-refractivity contribution is 5.45. The number of rotatable bonds is 1. The third-order valence-corrected chi connectivity index (χ3v) is 12.8. The van der Waals surface area contributed by atoms with Crippen molar-refractivity contribution in [1.29, 1.82) is 0 Å². The second-order valence-electron chi connectivity index (χ2n) is 14.1. The van der Waals surface area contributed by atoms with Gasteiger partial charge in [-0.2, -0.15) is 0 Å². The Morgan fingerprint density at radius 2 is 1.56 bits per heavy atom. The van der Waals surface area contributed by atoms with E-state index in [1.54, 1.807) is 11.1 Å². The minimum absolute atomic E-state index is 0.0218. The largest absolute Gasteiger partial charge is 0.396 e. The van der Waals surface area contributed by atoms with E-state index < -0.39 is 0 Å². The van der Waals surface area contributed by atoms with Gasteiger partial charge in [-0.3, -0.25) is 0 Å². The van der Waals surface area contributed by atoms with Gasteiger partial charge in [-0.15, -0.1) is 0 Å². The molecular formula is C30H48O2. The molecule has 5 rings (SSSR count). The van der Waals surface area contributed by atoms with Crippen LogP contribution in [0.15, 0.2) is 23.3 Å². The summed E-state index contributed by atoms with van der Waals surface area (Å²) >= 11 is 0. The highest BCUT2D eigenvalue weighted by Gasteiger charge is 2.66. The van der Waals surface area contributed by atoms with Gasteiger partial charge in [-0.1, -0.05) is 71.8 Å². The number of hydrogen-bond donors (Lipinski definition) is 2. The van der Waals surface area contributed by atoms with Crippen LogP contribution in [-0.2, 0) is 0 Å². The van der Waals surface area contributed by atoms with E-state index >= 15 is 0 Å². The molecule has 0 bridgehead atoms. The third kappa shape index (κ3) is 2.61. The molecule has 0 saturated heterocycles. The Balaban J connectivity index is 1.65. The van der Waals surface area contributed by atoms with E-state index in [1.165, 1.54) is 38.5 Å². The number of hydrogen-bond acceptors (Lipinski definition) is 2. The van der Waals surface area contributed by atoms with Gasteiger partial charge in [-0.05, 0) is 96.7 Å². The molecule has 5 aliphatic rings. The zero-order valence-corrected chi connectivity index (χ0v) is 21.8. The molecule has 9 atom stereocenters. The standard InChI is InChI=1S/C30H48O2/c1-19-10-15-30(18-31)17-16-28(6)21(25(30)20(19)2)8-9-23-27(5)13-12-24(32)26(3,4)22(27)11-14-29(23,28)7/h8-9,19-20,22,24-25,31-32H,10-18H2,1-7H3/t19-,20+,22?,24+,25+,27+,28-,29-,30-/m1/s1. The number of aliphatic hydroxyl groups excluding tert-OH is 2. The van der Waals surface area contributed by atoms with E-state index in [-0.39, 0.29) is 33.2 Å². The summed E-state index contributed by atoms with van der Waals surface area (Å²) in [5.74, 6) is 2.43. The van der Waals surface area contributed by atoms with Crippen LogP contribution >= 0.6 is 0 Å². The minimum Gasteiger partial charge on any atom is -0.396 e. The van der Waals surface area contributed by atoms with Crippen molar-refractivity contribution in [1.82, 2.24) is 0 Å². The van der Waals surface area contributed by atoms with E-state index in [0.29, 0.717) is 24.4 Å². The fourth-order valence-electron chi connectivity index (χ4n) is 10.2. The second-order valence-corrected chi connectivity index (χ2v) is 14.1. The lowest BCUT2D eigenvalue weighted by molar-refractivity contribution is -0.130. The van der Waals surface area contributed by atoms with E-state index in [9.17, 15) is 10.2 Å². The van der Waals surface area contributed by atoms with Gasteiger partial charge in [0.1, 0.15) is 0 Å². The Kier molecular flexibility index (Phi) is 5.04. The average Bonchev–Trinajstić information content (AvgIpc) is 2.74. The van der Waals surface area contributed by atoms with Gasteiger partial charge in [0, 0.05) is 12.0 Å². The van der Waals surface area contributed by atoms with Crippen molar-refractivity contribution in [2.75, 3.05) is 6.61 Å². The van der Waals surface area contributed by atoms with Crippen molar-refractivity contribution in [3.63, 3.8) is 0 Å². The van der Waals surface area contributed by atoms with Crippen LogP contribution in [-0.4, -0.2) is 22.9 Å². The SMILES string of the molecule is C[C@H]1[C@H](C)CC[C@]2(CO)CC[C@]3(C)C(=CC=C4[C@@]5(C)CC[C@H](O)C(C)(C)C5CC[C@]43C)[C@H]12. The van der Waals surface area contributed by atoms with Crippen LogP contribution in [0.25, 0.3) is 0 Å². The van der Waals surface area contributed by atoms with Gasteiger partial charge in [-0.25, -0.2) is 0 Å². The predicted octanol–water partition coefficient (Wildman–Crippen LogP) is 6.92. The van der Waals surface area contributed by atoms with Gasteiger partial charge in [0.25, 0.3) is 0 Å². The number of fused-ring (bicyclic) bond motifs is 7. The summed E-state index contributed by atoms with van der Waals surface area (Å²) in [7, 11) is 0. The zero-order valence-electron chi connectivity index (χ0n) is 21.8. The molecule has 2 N–H and O–H groups in total. The van der Waals surface area contributed by atoms with Crippen molar-refractivity contribution in [3.8, 4) is 0 Å². The normalized spacial score (nSPS) is 54.3. The van der Waals surface area contributed by atoms with Crippen LogP contribution in [0.1, 0.15) is 99.8 Å². The smallest absolute Gasteiger partial charge is 0.0594 e. The first kappa shape index (κ1) is 23.2. The van der Waals surface area contributed by atoms with E-state index in [4.69, 9.17) is 0 Å². The fraction of sp³-hybridized carbons (Fsp3) is 0.867. The van der Waals surface area contributed by atoms with Crippen molar-refractivity contribution >= 4 is 0 Å². The van der Waals surface area contributed by atoms with Crippen molar-refractivity contribution in [3.05, 3.63) is 23.3 Å². The average molecular weight is 441 g/mol. The first-order chi connectivity index (χ1) is 14.9. The van der Waals surface area contributed by atoms with E-state index in [2.05, 4.69) is 60.6 Å². The summed E-state index contributed by atoms with van der Waals surface area (Å²) < 4.78 is 0. The monoisotopic (exact) mass is 440 g/mol. The summed E-state index contributed by atoms with van der Waals surface area (Å²) in [6.07, 6.45) is 14.2. The summed E-state index contributed by atoms with van der Waals surface area (Å²) in [5, 5.41) is 21.5. The van der Waals surface area contributed by atoms with Crippen molar-refractivity contribution < 1.29 is 10.2 Å². The molecule has 1 unspecified atom stereocenters. The lowest BCUT2D eigenvalue weighted by atomic mass is 9.36. The quantitative estimate of drug-likeness (QED) is 0.465. The molecule has 32 heavy (non-hydrogen) atoms. The minimum atomic E-state index is -0.180. The maximum atomic E-state index is 10.9. The number of allylic oxidation sites excluding steroid dienone is 4. The molecule has 0 aromatic heterocycles. The third-order valence-electron chi connectivity index (χ3n) is 12.8. The lowest BCUT2D eigenvalue weighted by Crippen LogP contribution is -2.61. The Labute approximate surface area is 197 Å². The lowest BCUT2D eigenvalue weighted by Gasteiger charge is -2.69. The summed E-state index contributed by atoms with van der Waals surface area (Å²) in [6.45, 7) is 17.6.